The summed E-state index contributed by atoms with van der Waals surface area (Å²) in [6.45, 7) is 1.92. The van der Waals surface area contributed by atoms with Crippen LogP contribution in [0.4, 0.5) is 8.78 Å². The van der Waals surface area contributed by atoms with Gasteiger partial charge >= 0.3 is 0 Å². The number of hydrogen-bond donors (Lipinski definition) is 1. The van der Waals surface area contributed by atoms with Gasteiger partial charge in [-0.3, -0.25) is 14.3 Å². The third kappa shape index (κ3) is 3.65. The lowest BCUT2D eigenvalue weighted by atomic mass is 10.1. The summed E-state index contributed by atoms with van der Waals surface area (Å²) in [6.07, 6.45) is 6.13. The van der Waals surface area contributed by atoms with Gasteiger partial charge in [0.1, 0.15) is 11.5 Å². The predicted molar refractivity (Wildman–Crippen MR) is 109 cm³/mol. The molecule has 0 radical (unpaired) electrons. The highest BCUT2D eigenvalue weighted by atomic mass is 19.3. The molecule has 1 amide bonds. The molecular weight excluding hydrogens is 404 g/mol. The van der Waals surface area contributed by atoms with Crippen molar-refractivity contribution in [3.8, 4) is 17.1 Å². The number of aryl methyl sites for hydroxylation is 1. The number of rotatable bonds is 3. The molecule has 10 heteroatoms. The molecule has 5 heterocycles. The smallest absolute Gasteiger partial charge is 0.255 e. The van der Waals surface area contributed by atoms with Crippen LogP contribution >= 0.6 is 0 Å². The minimum Gasteiger partial charge on any atom is -0.338 e. The number of pyridine rings is 2. The highest BCUT2D eigenvalue weighted by Gasteiger charge is 2.35. The fraction of sp³-hybridized carbons (Fsp3) is 0.286. The van der Waals surface area contributed by atoms with Crippen molar-refractivity contribution in [1.29, 1.82) is 0 Å². The third-order valence-corrected chi connectivity index (χ3v) is 5.43. The lowest BCUT2D eigenvalue weighted by Gasteiger charge is -2.31. The van der Waals surface area contributed by atoms with E-state index in [1.807, 2.05) is 29.8 Å². The van der Waals surface area contributed by atoms with Crippen molar-refractivity contribution in [2.45, 2.75) is 25.7 Å². The maximum atomic E-state index is 13.4. The van der Waals surface area contributed by atoms with E-state index in [0.717, 1.165) is 16.6 Å². The van der Waals surface area contributed by atoms with Crippen molar-refractivity contribution >= 4 is 16.9 Å². The average molecular weight is 423 g/mol. The molecule has 0 bridgehead atoms. The highest BCUT2D eigenvalue weighted by Crippen LogP contribution is 2.29. The number of nitrogens with one attached hydrogen (secondary N) is 1. The normalized spacial score (nSPS) is 16.0. The molecule has 5 rings (SSSR count). The summed E-state index contributed by atoms with van der Waals surface area (Å²) < 4.78 is 28.6. The summed E-state index contributed by atoms with van der Waals surface area (Å²) in [5, 5.41) is 8.85. The Kier molecular flexibility index (Phi) is 4.49. The number of halogens is 2. The number of piperidine rings is 1. The zero-order valence-electron chi connectivity index (χ0n) is 16.7. The summed E-state index contributed by atoms with van der Waals surface area (Å²) in [6, 6.07) is 5.51. The lowest BCUT2D eigenvalue weighted by molar-refractivity contribution is -0.0494. The maximum Gasteiger partial charge on any atom is 0.255 e. The van der Waals surface area contributed by atoms with Crippen molar-refractivity contribution in [1.82, 2.24) is 34.6 Å². The zero-order valence-corrected chi connectivity index (χ0v) is 16.7. The zero-order chi connectivity index (χ0) is 21.6. The summed E-state index contributed by atoms with van der Waals surface area (Å²) in [4.78, 5) is 26.1. The Morgan fingerprint density at radius 3 is 2.68 bits per heavy atom. The molecule has 0 aliphatic carbocycles. The molecule has 8 nitrogen and oxygen atoms in total. The van der Waals surface area contributed by atoms with Crippen LogP contribution < -0.4 is 0 Å². The van der Waals surface area contributed by atoms with Gasteiger partial charge in [-0.15, -0.1) is 10.2 Å². The second-order valence-electron chi connectivity index (χ2n) is 7.66. The Bertz CT molecular complexity index is 1270. The molecule has 1 aliphatic rings. The first-order valence-corrected chi connectivity index (χ1v) is 9.89. The first-order chi connectivity index (χ1) is 14.9. The quantitative estimate of drug-likeness (QED) is 0.545. The number of carbonyl (C=O) groups excluding carboxylic acids is 1. The maximum absolute atomic E-state index is 13.4. The van der Waals surface area contributed by atoms with Crippen molar-refractivity contribution in [2.24, 2.45) is 0 Å². The van der Waals surface area contributed by atoms with Gasteiger partial charge in [0.25, 0.3) is 11.8 Å². The van der Waals surface area contributed by atoms with E-state index in [9.17, 15) is 13.6 Å². The van der Waals surface area contributed by atoms with Gasteiger partial charge in [-0.25, -0.2) is 13.8 Å². The van der Waals surface area contributed by atoms with Crippen LogP contribution in [0.25, 0.3) is 28.1 Å². The van der Waals surface area contributed by atoms with Crippen molar-refractivity contribution < 1.29 is 13.6 Å². The number of aromatic amines is 1. The van der Waals surface area contributed by atoms with Crippen LogP contribution in [0, 0.1) is 6.92 Å². The first kappa shape index (κ1) is 19.3. The van der Waals surface area contributed by atoms with Crippen LogP contribution in [0.2, 0.25) is 0 Å². The van der Waals surface area contributed by atoms with Crippen LogP contribution in [0.15, 0.2) is 43.0 Å². The number of nitrogens with zero attached hydrogens (tertiary/aromatic N) is 6. The van der Waals surface area contributed by atoms with Gasteiger partial charge in [0.05, 0.1) is 17.4 Å². The number of fused-ring (bicyclic) bond motifs is 1. The summed E-state index contributed by atoms with van der Waals surface area (Å²) in [7, 11) is 0. The molecule has 4 aromatic rings. The molecule has 0 spiro atoms. The van der Waals surface area contributed by atoms with Gasteiger partial charge in [0.15, 0.2) is 5.82 Å². The number of likely N-dealkylation sites (tertiary alicyclic amines) is 1. The molecular formula is C21H19F2N7O. The van der Waals surface area contributed by atoms with Crippen LogP contribution in [-0.4, -0.2) is 59.5 Å². The second-order valence-corrected chi connectivity index (χ2v) is 7.66. The predicted octanol–water partition coefficient (Wildman–Crippen LogP) is 3.39. The molecule has 158 valence electrons. The van der Waals surface area contributed by atoms with E-state index in [0.29, 0.717) is 22.9 Å². The van der Waals surface area contributed by atoms with E-state index in [1.54, 1.807) is 18.5 Å². The Balaban J connectivity index is 1.43. The Hall–Kier alpha value is -3.69. The van der Waals surface area contributed by atoms with Gasteiger partial charge in [0, 0.05) is 55.5 Å². The molecule has 1 aliphatic heterocycles. The molecule has 4 aromatic heterocycles. The lowest BCUT2D eigenvalue weighted by Crippen LogP contribution is -2.42. The molecule has 0 atom stereocenters. The van der Waals surface area contributed by atoms with E-state index < -0.39 is 5.92 Å². The Morgan fingerprint density at radius 1 is 1.13 bits per heavy atom. The van der Waals surface area contributed by atoms with E-state index >= 15 is 0 Å². The highest BCUT2D eigenvalue weighted by molar-refractivity contribution is 5.97. The fourth-order valence-corrected chi connectivity index (χ4v) is 3.73. The first-order valence-electron chi connectivity index (χ1n) is 9.89. The summed E-state index contributed by atoms with van der Waals surface area (Å²) in [5.41, 5.74) is 2.62. The Labute approximate surface area is 176 Å². The number of carbonyl (C=O) groups is 1. The van der Waals surface area contributed by atoms with Crippen LogP contribution in [0.3, 0.4) is 0 Å². The number of H-pyrrole nitrogens is 1. The number of amides is 1. The molecule has 0 aromatic carbocycles. The monoisotopic (exact) mass is 423 g/mol. The van der Waals surface area contributed by atoms with E-state index in [4.69, 9.17) is 0 Å². The minimum atomic E-state index is -2.69. The standard InChI is InChI=1S/C21H19F2N7O/c1-13-26-18(28-27-13)15-9-17(12-24-10-15)30-5-2-14-8-16(11-25-19(14)30)20(31)29-6-3-21(22,23)4-7-29/h2,5,8-12H,3-4,6-7H2,1H3,(H,26,27,28). The topological polar surface area (TPSA) is 92.6 Å². The minimum absolute atomic E-state index is 0.0461. The van der Waals surface area contributed by atoms with Crippen molar-refractivity contribution in [2.75, 3.05) is 13.1 Å². The van der Waals surface area contributed by atoms with Crippen molar-refractivity contribution in [3.63, 3.8) is 0 Å². The summed E-state index contributed by atoms with van der Waals surface area (Å²) in [5.74, 6) is -1.63. The molecule has 1 saturated heterocycles. The molecule has 31 heavy (non-hydrogen) atoms. The van der Waals surface area contributed by atoms with Gasteiger partial charge in [-0.1, -0.05) is 0 Å². The van der Waals surface area contributed by atoms with E-state index in [-0.39, 0.29) is 31.8 Å². The van der Waals surface area contributed by atoms with Crippen LogP contribution in [0.5, 0.6) is 0 Å². The van der Waals surface area contributed by atoms with Crippen LogP contribution in [0.1, 0.15) is 29.0 Å². The van der Waals surface area contributed by atoms with E-state index in [1.165, 1.54) is 11.1 Å². The van der Waals surface area contributed by atoms with E-state index in [2.05, 4.69) is 25.1 Å². The second kappa shape index (κ2) is 7.22. The molecule has 1 fully saturated rings. The number of alkyl halides is 2. The van der Waals surface area contributed by atoms with Crippen molar-refractivity contribution in [3.05, 3.63) is 54.4 Å². The molecule has 0 saturated carbocycles. The molecule has 1 N–H and O–H groups in total. The molecule has 0 unspecified atom stereocenters. The average Bonchev–Trinajstić information content (AvgIpc) is 3.39. The number of hydrogen-bond acceptors (Lipinski definition) is 5. The fourth-order valence-electron chi connectivity index (χ4n) is 3.73. The number of aromatic nitrogens is 6. The van der Waals surface area contributed by atoms with Gasteiger partial charge < -0.3 is 9.88 Å². The SMILES string of the molecule is Cc1nnc(-c2cncc(-n3ccc4cc(C(=O)N5CCC(F)(F)CC5)cnc43)c2)[nH]1. The largest absolute Gasteiger partial charge is 0.338 e. The van der Waals surface area contributed by atoms with Gasteiger partial charge in [-0.05, 0) is 25.1 Å². The van der Waals surface area contributed by atoms with Gasteiger partial charge in [-0.2, -0.15) is 0 Å². The third-order valence-electron chi connectivity index (χ3n) is 5.43. The Morgan fingerprint density at radius 2 is 1.94 bits per heavy atom. The van der Waals surface area contributed by atoms with Gasteiger partial charge in [0.2, 0.25) is 0 Å². The summed E-state index contributed by atoms with van der Waals surface area (Å²) >= 11 is 0. The van der Waals surface area contributed by atoms with Crippen LogP contribution in [-0.2, 0) is 0 Å².